The first-order chi connectivity index (χ1) is 11.3. The first-order valence-corrected chi connectivity index (χ1v) is 9.74. The van der Waals surface area contributed by atoms with Gasteiger partial charge in [-0.25, -0.2) is 0 Å². The molecule has 0 heterocycles. The molecule has 130 valence electrons. The van der Waals surface area contributed by atoms with Gasteiger partial charge in [0.1, 0.15) is 4.75 Å². The van der Waals surface area contributed by atoms with Gasteiger partial charge in [0.05, 0.1) is 6.04 Å². The van der Waals surface area contributed by atoms with Crippen molar-refractivity contribution in [3.05, 3.63) is 71.8 Å². The lowest BCUT2D eigenvalue weighted by Crippen LogP contribution is -2.42. The fourth-order valence-electron chi connectivity index (χ4n) is 3.01. The number of nitrogens with one attached hydrogen (secondary N) is 1. The van der Waals surface area contributed by atoms with Gasteiger partial charge >= 0.3 is 0 Å². The summed E-state index contributed by atoms with van der Waals surface area (Å²) in [6.07, 6.45) is 10.2. The predicted molar refractivity (Wildman–Crippen MR) is 105 cm³/mol. The molecule has 1 aliphatic rings. The van der Waals surface area contributed by atoms with Crippen LogP contribution in [0, 0.1) is 0 Å². The number of allylic oxidation sites excluding steroid dienone is 5. The fraction of sp³-hybridized carbons (Fsp3) is 0.429. The smallest absolute Gasteiger partial charge is 0.136 e. The van der Waals surface area contributed by atoms with E-state index in [9.17, 15) is 4.55 Å². The summed E-state index contributed by atoms with van der Waals surface area (Å²) in [6.45, 7) is 12.3. The molecule has 0 radical (unpaired) electrons. The van der Waals surface area contributed by atoms with Crippen LogP contribution < -0.4 is 4.72 Å². The first-order valence-electron chi connectivity index (χ1n) is 8.59. The Labute approximate surface area is 150 Å². The highest BCUT2D eigenvalue weighted by Gasteiger charge is 2.34. The molecule has 0 aromatic heterocycles. The summed E-state index contributed by atoms with van der Waals surface area (Å²) in [5.41, 5.74) is 3.70. The average molecular weight is 344 g/mol. The van der Waals surface area contributed by atoms with Gasteiger partial charge in [-0.3, -0.25) is 0 Å². The van der Waals surface area contributed by atoms with Crippen molar-refractivity contribution in [2.24, 2.45) is 0 Å². The Balaban J connectivity index is 2.23. The molecule has 0 unspecified atom stereocenters. The maximum absolute atomic E-state index is 12.5. The van der Waals surface area contributed by atoms with E-state index in [0.29, 0.717) is 5.92 Å². The molecular weight excluding hydrogens is 314 g/mol. The minimum Gasteiger partial charge on any atom is -0.598 e. The lowest BCUT2D eigenvalue weighted by atomic mass is 9.77. The van der Waals surface area contributed by atoms with E-state index < -0.39 is 11.4 Å². The zero-order chi connectivity index (χ0) is 17.7. The van der Waals surface area contributed by atoms with Crippen molar-refractivity contribution in [2.75, 3.05) is 0 Å². The van der Waals surface area contributed by atoms with Crippen LogP contribution in [0.3, 0.4) is 0 Å². The summed E-state index contributed by atoms with van der Waals surface area (Å²) in [4.78, 5) is 0. The SMILES string of the molecule is C=C(/C=C\C=C/C)[C@@H]1CC[C@H](N[S@+]([O-])C(C)(C)C)c2ccccc21. The second-order valence-electron chi connectivity index (χ2n) is 7.27. The van der Waals surface area contributed by atoms with Crippen LogP contribution in [0.5, 0.6) is 0 Å². The fourth-order valence-corrected chi connectivity index (χ4v) is 3.87. The second-order valence-corrected chi connectivity index (χ2v) is 9.27. The van der Waals surface area contributed by atoms with Gasteiger partial charge in [-0.05, 0) is 57.2 Å². The van der Waals surface area contributed by atoms with Crippen molar-refractivity contribution in [3.8, 4) is 0 Å². The van der Waals surface area contributed by atoms with Crippen molar-refractivity contribution in [2.45, 2.75) is 57.2 Å². The van der Waals surface area contributed by atoms with Gasteiger partial charge in [0.15, 0.2) is 0 Å². The maximum atomic E-state index is 12.5. The van der Waals surface area contributed by atoms with Crippen molar-refractivity contribution in [3.63, 3.8) is 0 Å². The Morgan fingerprint density at radius 2 is 1.88 bits per heavy atom. The highest BCUT2D eigenvalue weighted by atomic mass is 32.2. The van der Waals surface area contributed by atoms with Crippen LogP contribution in [0.25, 0.3) is 0 Å². The lowest BCUT2D eigenvalue weighted by Gasteiger charge is -2.34. The van der Waals surface area contributed by atoms with Crippen LogP contribution in [0.1, 0.15) is 63.6 Å². The molecule has 0 saturated carbocycles. The van der Waals surface area contributed by atoms with Crippen LogP contribution in [0.2, 0.25) is 0 Å². The molecular formula is C21H29NOS. The van der Waals surface area contributed by atoms with Gasteiger partial charge in [-0.15, -0.1) is 4.72 Å². The molecule has 3 heteroatoms. The number of hydrogen-bond acceptors (Lipinski definition) is 2. The summed E-state index contributed by atoms with van der Waals surface area (Å²) < 4.78 is 15.6. The standard InChI is InChI=1S/C21H29NOS/c1-6-7-8-11-16(2)17-14-15-20(22-24(23)21(3,4)5)19-13-10-9-12-18(17)19/h6-13,17,20,22H,2,14-15H2,1,3-5H3/b7-6-,11-8-/t17-,20-,24+/m0/s1. The maximum Gasteiger partial charge on any atom is 0.136 e. The summed E-state index contributed by atoms with van der Waals surface area (Å²) >= 11 is -1.07. The van der Waals surface area contributed by atoms with Gasteiger partial charge in [0.25, 0.3) is 0 Å². The van der Waals surface area contributed by atoms with E-state index in [2.05, 4.69) is 41.6 Å². The Hall–Kier alpha value is -1.29. The third-order valence-electron chi connectivity index (χ3n) is 4.36. The van der Waals surface area contributed by atoms with E-state index in [1.54, 1.807) is 0 Å². The van der Waals surface area contributed by atoms with Gasteiger partial charge in [-0.1, -0.05) is 55.1 Å². The molecule has 3 atom stereocenters. The third kappa shape index (κ3) is 4.62. The summed E-state index contributed by atoms with van der Waals surface area (Å²) in [6, 6.07) is 8.63. The van der Waals surface area contributed by atoms with Gasteiger partial charge < -0.3 is 4.55 Å². The van der Waals surface area contributed by atoms with E-state index >= 15 is 0 Å². The lowest BCUT2D eigenvalue weighted by molar-refractivity contribution is 0.472. The molecule has 24 heavy (non-hydrogen) atoms. The number of benzene rings is 1. The van der Waals surface area contributed by atoms with Crippen LogP contribution in [-0.2, 0) is 11.4 Å². The van der Waals surface area contributed by atoms with Gasteiger partial charge in [0.2, 0.25) is 0 Å². The molecule has 2 nitrogen and oxygen atoms in total. The number of rotatable bonds is 5. The molecule has 0 fully saturated rings. The van der Waals surface area contributed by atoms with E-state index in [1.165, 1.54) is 11.1 Å². The van der Waals surface area contributed by atoms with E-state index in [0.717, 1.165) is 18.4 Å². The zero-order valence-corrected chi connectivity index (χ0v) is 16.0. The molecule has 1 aromatic rings. The predicted octanol–water partition coefficient (Wildman–Crippen LogP) is 5.35. The number of hydrogen-bond donors (Lipinski definition) is 1. The third-order valence-corrected chi connectivity index (χ3v) is 5.97. The minimum absolute atomic E-state index is 0.143. The molecule has 1 N–H and O–H groups in total. The normalized spacial score (nSPS) is 22.7. The van der Waals surface area contributed by atoms with E-state index in [-0.39, 0.29) is 10.8 Å². The Morgan fingerprint density at radius 1 is 1.21 bits per heavy atom. The summed E-state index contributed by atoms with van der Waals surface area (Å²) in [5.74, 6) is 0.337. The molecule has 0 spiro atoms. The van der Waals surface area contributed by atoms with Crippen LogP contribution >= 0.6 is 0 Å². The van der Waals surface area contributed by atoms with Crippen LogP contribution in [0.15, 0.2) is 60.7 Å². The highest BCUT2D eigenvalue weighted by Crippen LogP contribution is 2.41. The monoisotopic (exact) mass is 343 g/mol. The van der Waals surface area contributed by atoms with Crippen molar-refractivity contribution in [1.29, 1.82) is 0 Å². The first kappa shape index (κ1) is 19.0. The molecule has 0 bridgehead atoms. The number of fused-ring (bicyclic) bond motifs is 1. The van der Waals surface area contributed by atoms with Crippen LogP contribution in [-0.4, -0.2) is 9.30 Å². The summed E-state index contributed by atoms with van der Waals surface area (Å²) in [7, 11) is 0. The molecule has 0 aliphatic heterocycles. The zero-order valence-electron chi connectivity index (χ0n) is 15.2. The highest BCUT2D eigenvalue weighted by molar-refractivity contribution is 7.90. The second kappa shape index (κ2) is 8.19. The van der Waals surface area contributed by atoms with Gasteiger partial charge in [0, 0.05) is 17.3 Å². The largest absolute Gasteiger partial charge is 0.598 e. The van der Waals surface area contributed by atoms with Gasteiger partial charge in [-0.2, -0.15) is 0 Å². The van der Waals surface area contributed by atoms with Crippen LogP contribution in [0.4, 0.5) is 0 Å². The Bertz CT molecular complexity index is 627. The Kier molecular flexibility index (Phi) is 6.50. The molecule has 0 saturated heterocycles. The molecule has 1 aromatic carbocycles. The molecule has 0 amide bonds. The topological polar surface area (TPSA) is 35.1 Å². The molecule has 2 rings (SSSR count). The van der Waals surface area contributed by atoms with Crippen molar-refractivity contribution in [1.82, 2.24) is 4.72 Å². The van der Waals surface area contributed by atoms with Crippen molar-refractivity contribution >= 4 is 11.4 Å². The quantitative estimate of drug-likeness (QED) is 0.578. The van der Waals surface area contributed by atoms with Crippen molar-refractivity contribution < 1.29 is 4.55 Å². The van der Waals surface area contributed by atoms with E-state index in [4.69, 9.17) is 0 Å². The molecule has 1 aliphatic carbocycles. The van der Waals surface area contributed by atoms with E-state index in [1.807, 2.05) is 45.9 Å². The average Bonchev–Trinajstić information content (AvgIpc) is 2.54. The summed E-state index contributed by atoms with van der Waals surface area (Å²) in [5, 5.41) is 0. The Morgan fingerprint density at radius 3 is 2.50 bits per heavy atom. The minimum atomic E-state index is -1.07.